The van der Waals surface area contributed by atoms with Crippen LogP contribution in [-0.2, 0) is 17.6 Å². The van der Waals surface area contributed by atoms with Crippen LogP contribution in [0.1, 0.15) is 28.3 Å². The first-order valence-corrected chi connectivity index (χ1v) is 7.61. The molecular weight excluding hydrogens is 270 g/mol. The maximum atomic E-state index is 11.3. The van der Waals surface area contributed by atoms with E-state index in [1.54, 1.807) is 11.3 Å². The molecule has 3 nitrogen and oxygen atoms in total. The second kappa shape index (κ2) is 7.22. The van der Waals surface area contributed by atoms with Crippen molar-refractivity contribution < 1.29 is 9.90 Å². The van der Waals surface area contributed by atoms with E-state index in [2.05, 4.69) is 24.4 Å². The van der Waals surface area contributed by atoms with Gasteiger partial charge in [0.05, 0.1) is 0 Å². The van der Waals surface area contributed by atoms with E-state index in [1.165, 1.54) is 9.75 Å². The van der Waals surface area contributed by atoms with E-state index in [0.717, 1.165) is 18.4 Å². The lowest BCUT2D eigenvalue weighted by Crippen LogP contribution is -2.30. The van der Waals surface area contributed by atoms with Crippen LogP contribution in [0.4, 0.5) is 0 Å². The summed E-state index contributed by atoms with van der Waals surface area (Å²) in [6.07, 6.45) is 1.92. The molecule has 2 N–H and O–H groups in total. The summed E-state index contributed by atoms with van der Waals surface area (Å²) in [5.41, 5.74) is 0.792. The molecular formula is C16H19NO2S. The molecule has 1 aromatic carbocycles. The summed E-state index contributed by atoms with van der Waals surface area (Å²) in [5, 5.41) is 12.4. The van der Waals surface area contributed by atoms with Crippen LogP contribution in [-0.4, -0.2) is 17.6 Å². The fourth-order valence-corrected chi connectivity index (χ4v) is 3.04. The Morgan fingerprint density at radius 2 is 1.90 bits per heavy atom. The summed E-state index contributed by atoms with van der Waals surface area (Å²) in [4.78, 5) is 14.0. The molecule has 1 heterocycles. The van der Waals surface area contributed by atoms with Crippen LogP contribution in [0.15, 0.2) is 42.5 Å². The third-order valence-corrected chi connectivity index (χ3v) is 4.45. The van der Waals surface area contributed by atoms with Crippen molar-refractivity contribution in [2.24, 2.45) is 0 Å². The van der Waals surface area contributed by atoms with E-state index >= 15 is 0 Å². The number of aryl methyl sites for hydroxylation is 1. The number of hydrogen-bond acceptors (Lipinski definition) is 3. The van der Waals surface area contributed by atoms with Gasteiger partial charge in [-0.15, -0.1) is 11.3 Å². The van der Waals surface area contributed by atoms with Gasteiger partial charge in [-0.25, -0.2) is 0 Å². The lowest BCUT2D eigenvalue weighted by atomic mass is 10.1. The number of benzene rings is 1. The zero-order valence-corrected chi connectivity index (χ0v) is 12.3. The van der Waals surface area contributed by atoms with E-state index in [1.807, 2.05) is 30.3 Å². The van der Waals surface area contributed by atoms with Gasteiger partial charge in [0.15, 0.2) is 0 Å². The highest BCUT2D eigenvalue weighted by Gasteiger charge is 2.18. The van der Waals surface area contributed by atoms with Gasteiger partial charge in [-0.2, -0.15) is 0 Å². The van der Waals surface area contributed by atoms with Gasteiger partial charge in [0.2, 0.25) is 0 Å². The van der Waals surface area contributed by atoms with Crippen molar-refractivity contribution >= 4 is 17.3 Å². The van der Waals surface area contributed by atoms with Gasteiger partial charge >= 0.3 is 5.97 Å². The van der Waals surface area contributed by atoms with E-state index in [9.17, 15) is 9.90 Å². The molecule has 0 fully saturated rings. The molecule has 1 atom stereocenters. The number of nitrogens with one attached hydrogen (secondary N) is 1. The fourth-order valence-electron chi connectivity index (χ4n) is 2.08. The molecule has 0 aliphatic carbocycles. The first-order valence-electron chi connectivity index (χ1n) is 6.79. The number of carboxylic acid groups (broad SMARTS) is 1. The van der Waals surface area contributed by atoms with Gasteiger partial charge in [0, 0.05) is 16.3 Å². The van der Waals surface area contributed by atoms with Crippen molar-refractivity contribution in [1.29, 1.82) is 0 Å². The van der Waals surface area contributed by atoms with Crippen molar-refractivity contribution in [3.63, 3.8) is 0 Å². The number of carboxylic acids is 1. The molecule has 1 aromatic heterocycles. The minimum absolute atomic E-state index is 0.637. The molecule has 0 bridgehead atoms. The number of carbonyl (C=O) groups is 1. The standard InChI is InChI=1S/C16H19NO2S/c1-2-13-8-9-14(20-13)10-11-17-15(16(18)19)12-6-4-3-5-7-12/h3-9,15,17H,2,10-11H2,1H3,(H,18,19). The van der Waals surface area contributed by atoms with Crippen LogP contribution in [0, 0.1) is 0 Å². The summed E-state index contributed by atoms with van der Waals surface area (Å²) in [6, 6.07) is 12.9. The van der Waals surface area contributed by atoms with Gasteiger partial charge in [0.25, 0.3) is 0 Å². The zero-order valence-electron chi connectivity index (χ0n) is 11.5. The molecule has 20 heavy (non-hydrogen) atoms. The lowest BCUT2D eigenvalue weighted by Gasteiger charge is -2.14. The fraction of sp³-hybridized carbons (Fsp3) is 0.312. The van der Waals surface area contributed by atoms with Gasteiger partial charge in [-0.05, 0) is 30.5 Å². The Bertz CT molecular complexity index is 551. The molecule has 0 aliphatic heterocycles. The molecule has 0 radical (unpaired) electrons. The molecule has 0 saturated carbocycles. The molecule has 0 saturated heterocycles. The highest BCUT2D eigenvalue weighted by Crippen LogP contribution is 2.18. The zero-order chi connectivity index (χ0) is 14.4. The highest BCUT2D eigenvalue weighted by atomic mass is 32.1. The quantitative estimate of drug-likeness (QED) is 0.822. The van der Waals surface area contributed by atoms with E-state index in [4.69, 9.17) is 0 Å². The SMILES string of the molecule is CCc1ccc(CCNC(C(=O)O)c2ccccc2)s1. The van der Waals surface area contributed by atoms with Crippen molar-refractivity contribution in [3.8, 4) is 0 Å². The van der Waals surface area contributed by atoms with Crippen molar-refractivity contribution in [2.75, 3.05) is 6.54 Å². The van der Waals surface area contributed by atoms with Crippen molar-refractivity contribution in [3.05, 3.63) is 57.8 Å². The minimum atomic E-state index is -0.836. The summed E-state index contributed by atoms with van der Waals surface area (Å²) in [6.45, 7) is 2.80. The maximum Gasteiger partial charge on any atom is 0.325 e. The predicted molar refractivity (Wildman–Crippen MR) is 82.2 cm³/mol. The molecule has 0 aliphatic rings. The third kappa shape index (κ3) is 3.92. The molecule has 0 amide bonds. The number of aliphatic carboxylic acids is 1. The Balaban J connectivity index is 1.91. The Kier molecular flexibility index (Phi) is 5.32. The smallest absolute Gasteiger partial charge is 0.325 e. The topological polar surface area (TPSA) is 49.3 Å². The molecule has 1 unspecified atom stereocenters. The summed E-state index contributed by atoms with van der Waals surface area (Å²) in [7, 11) is 0. The van der Waals surface area contributed by atoms with E-state index < -0.39 is 12.0 Å². The average molecular weight is 289 g/mol. The number of hydrogen-bond donors (Lipinski definition) is 2. The minimum Gasteiger partial charge on any atom is -0.480 e. The van der Waals surface area contributed by atoms with Gasteiger partial charge in [-0.1, -0.05) is 37.3 Å². The van der Waals surface area contributed by atoms with Crippen LogP contribution in [0.5, 0.6) is 0 Å². The number of thiophene rings is 1. The maximum absolute atomic E-state index is 11.3. The van der Waals surface area contributed by atoms with E-state index in [0.29, 0.717) is 6.54 Å². The Morgan fingerprint density at radius 1 is 1.20 bits per heavy atom. The van der Waals surface area contributed by atoms with Crippen LogP contribution in [0.2, 0.25) is 0 Å². The number of rotatable bonds is 7. The van der Waals surface area contributed by atoms with Crippen molar-refractivity contribution in [2.45, 2.75) is 25.8 Å². The summed E-state index contributed by atoms with van der Waals surface area (Å²) < 4.78 is 0. The summed E-state index contributed by atoms with van der Waals surface area (Å²) >= 11 is 1.80. The van der Waals surface area contributed by atoms with Gasteiger partial charge in [0.1, 0.15) is 6.04 Å². The second-order valence-corrected chi connectivity index (χ2v) is 5.86. The van der Waals surface area contributed by atoms with Crippen molar-refractivity contribution in [1.82, 2.24) is 5.32 Å². The predicted octanol–water partition coefficient (Wildman–Crippen LogP) is 3.27. The first-order chi connectivity index (χ1) is 9.70. The Labute approximate surface area is 123 Å². The lowest BCUT2D eigenvalue weighted by molar-refractivity contribution is -0.139. The van der Waals surface area contributed by atoms with Crippen LogP contribution < -0.4 is 5.32 Å². The van der Waals surface area contributed by atoms with Crippen LogP contribution >= 0.6 is 11.3 Å². The average Bonchev–Trinajstić information content (AvgIpc) is 2.92. The van der Waals surface area contributed by atoms with E-state index in [-0.39, 0.29) is 0 Å². The van der Waals surface area contributed by atoms with Gasteiger partial charge < -0.3 is 10.4 Å². The molecule has 106 valence electrons. The molecule has 0 spiro atoms. The first kappa shape index (κ1) is 14.8. The normalized spacial score (nSPS) is 12.2. The summed E-state index contributed by atoms with van der Waals surface area (Å²) in [5.74, 6) is -0.836. The molecule has 2 rings (SSSR count). The molecule has 4 heteroatoms. The largest absolute Gasteiger partial charge is 0.480 e. The van der Waals surface area contributed by atoms with Gasteiger partial charge in [-0.3, -0.25) is 4.79 Å². The molecule has 2 aromatic rings. The Morgan fingerprint density at radius 3 is 2.50 bits per heavy atom. The Hall–Kier alpha value is -1.65. The van der Waals surface area contributed by atoms with Crippen LogP contribution in [0.25, 0.3) is 0 Å². The second-order valence-electron chi connectivity index (χ2n) is 4.61. The van der Waals surface area contributed by atoms with Crippen LogP contribution in [0.3, 0.4) is 0 Å². The highest BCUT2D eigenvalue weighted by molar-refractivity contribution is 7.11. The third-order valence-electron chi connectivity index (χ3n) is 3.17. The monoisotopic (exact) mass is 289 g/mol.